The maximum Gasteiger partial charge on any atom is 0.193 e. The summed E-state index contributed by atoms with van der Waals surface area (Å²) in [6.07, 6.45) is 9.28. The van der Waals surface area contributed by atoms with Gasteiger partial charge in [-0.15, -0.1) is 34.2 Å². The van der Waals surface area contributed by atoms with Crippen LogP contribution in [0.1, 0.15) is 64.7 Å². The van der Waals surface area contributed by atoms with Gasteiger partial charge in [0.2, 0.25) is 0 Å². The van der Waals surface area contributed by atoms with Gasteiger partial charge in [0.05, 0.1) is 0 Å². The first-order valence-corrected chi connectivity index (χ1v) is 13.5. The molecule has 1 aromatic heterocycles. The monoisotopic (exact) mass is 566 g/mol. The van der Waals surface area contributed by atoms with Crippen molar-refractivity contribution in [1.82, 2.24) is 25.0 Å². The average molecular weight is 567 g/mol. The van der Waals surface area contributed by atoms with Gasteiger partial charge < -0.3 is 14.8 Å². The number of rotatable bonds is 8. The Balaban J connectivity index is 0.00000320. The Labute approximate surface area is 208 Å². The van der Waals surface area contributed by atoms with Crippen molar-refractivity contribution in [3.63, 3.8) is 0 Å². The van der Waals surface area contributed by atoms with Crippen LogP contribution in [0.4, 0.5) is 0 Å². The van der Waals surface area contributed by atoms with Gasteiger partial charge in [0, 0.05) is 49.6 Å². The minimum atomic E-state index is 0. The molecule has 2 aliphatic rings. The second-order valence-corrected chi connectivity index (χ2v) is 10.5. The highest BCUT2D eigenvalue weighted by atomic mass is 127. The molecule has 30 heavy (non-hydrogen) atoms. The molecule has 172 valence electrons. The second kappa shape index (κ2) is 13.4. The van der Waals surface area contributed by atoms with Crippen molar-refractivity contribution in [2.24, 2.45) is 10.9 Å². The van der Waals surface area contributed by atoms with Crippen molar-refractivity contribution in [2.75, 3.05) is 38.2 Å². The maximum absolute atomic E-state index is 4.96. The molecule has 0 spiro atoms. The van der Waals surface area contributed by atoms with Crippen molar-refractivity contribution in [2.45, 2.75) is 75.7 Å². The van der Waals surface area contributed by atoms with Gasteiger partial charge in [-0.2, -0.15) is 11.8 Å². The van der Waals surface area contributed by atoms with E-state index in [0.29, 0.717) is 17.2 Å². The van der Waals surface area contributed by atoms with Gasteiger partial charge in [0.15, 0.2) is 11.1 Å². The van der Waals surface area contributed by atoms with Gasteiger partial charge >= 0.3 is 0 Å². The lowest BCUT2D eigenvalue weighted by atomic mass is 10.1. The Morgan fingerprint density at radius 2 is 2.07 bits per heavy atom. The topological polar surface area (TPSA) is 58.3 Å². The highest BCUT2D eigenvalue weighted by molar-refractivity contribution is 14.0. The number of halogens is 1. The van der Waals surface area contributed by atoms with E-state index in [0.717, 1.165) is 56.0 Å². The van der Waals surface area contributed by atoms with Crippen LogP contribution in [0.5, 0.6) is 0 Å². The zero-order valence-electron chi connectivity index (χ0n) is 19.0. The lowest BCUT2D eigenvalue weighted by Crippen LogP contribution is -2.49. The molecule has 0 amide bonds. The minimum absolute atomic E-state index is 0. The Morgan fingerprint density at radius 3 is 2.73 bits per heavy atom. The van der Waals surface area contributed by atoms with E-state index in [1.54, 1.807) is 11.8 Å². The van der Waals surface area contributed by atoms with E-state index in [2.05, 4.69) is 63.8 Å². The standard InChI is InChI=1S/C21H38N6S2.HI/c1-5-22-20(26-13-14-29-18(15-26)16(2)3)23-12-8-11-19-24-25-21(28-4)27(19)17-9-6-7-10-17;/h16-18H,5-15H2,1-4H3,(H,22,23);1H. The Morgan fingerprint density at radius 1 is 1.30 bits per heavy atom. The van der Waals surface area contributed by atoms with E-state index >= 15 is 0 Å². The van der Waals surface area contributed by atoms with Crippen LogP contribution in [0.15, 0.2) is 10.1 Å². The molecule has 9 heteroatoms. The first-order valence-electron chi connectivity index (χ1n) is 11.3. The predicted molar refractivity (Wildman–Crippen MR) is 142 cm³/mol. The summed E-state index contributed by atoms with van der Waals surface area (Å²) >= 11 is 3.83. The normalized spacial score (nSPS) is 20.6. The van der Waals surface area contributed by atoms with E-state index < -0.39 is 0 Å². The fraction of sp³-hybridized carbons (Fsp3) is 0.857. The van der Waals surface area contributed by atoms with Gasteiger partial charge in [-0.05, 0) is 38.4 Å². The minimum Gasteiger partial charge on any atom is -0.357 e. The molecule has 1 aliphatic carbocycles. The quantitative estimate of drug-likeness (QED) is 0.162. The van der Waals surface area contributed by atoms with Crippen molar-refractivity contribution < 1.29 is 0 Å². The zero-order chi connectivity index (χ0) is 20.6. The number of guanidine groups is 1. The predicted octanol–water partition coefficient (Wildman–Crippen LogP) is 4.70. The van der Waals surface area contributed by atoms with Gasteiger partial charge in [-0.25, -0.2) is 0 Å². The van der Waals surface area contributed by atoms with Gasteiger partial charge in [-0.3, -0.25) is 4.99 Å². The third-order valence-electron chi connectivity index (χ3n) is 5.90. The first kappa shape index (κ1) is 26.1. The van der Waals surface area contributed by atoms with Crippen LogP contribution in [0.3, 0.4) is 0 Å². The molecule has 2 heterocycles. The molecule has 1 saturated carbocycles. The lowest BCUT2D eigenvalue weighted by molar-refractivity contribution is 0.380. The number of aromatic nitrogens is 3. The number of nitrogens with one attached hydrogen (secondary N) is 1. The van der Waals surface area contributed by atoms with Crippen LogP contribution in [0.2, 0.25) is 0 Å². The lowest BCUT2D eigenvalue weighted by Gasteiger charge is -2.36. The van der Waals surface area contributed by atoms with Crippen LogP contribution in [-0.2, 0) is 6.42 Å². The van der Waals surface area contributed by atoms with E-state index in [4.69, 9.17) is 4.99 Å². The highest BCUT2D eigenvalue weighted by Gasteiger charge is 2.25. The van der Waals surface area contributed by atoms with E-state index in [9.17, 15) is 0 Å². The van der Waals surface area contributed by atoms with Crippen molar-refractivity contribution in [3.05, 3.63) is 5.82 Å². The maximum atomic E-state index is 4.96. The molecule has 1 unspecified atom stereocenters. The summed E-state index contributed by atoms with van der Waals surface area (Å²) in [6.45, 7) is 10.8. The molecule has 0 radical (unpaired) electrons. The molecular weight excluding hydrogens is 527 g/mol. The molecule has 2 fully saturated rings. The molecule has 1 atom stereocenters. The van der Waals surface area contributed by atoms with Crippen LogP contribution in [-0.4, -0.2) is 69.1 Å². The second-order valence-electron chi connectivity index (χ2n) is 8.35. The SMILES string of the molecule is CCNC(=NCCCc1nnc(SC)n1C1CCCC1)N1CCSC(C(C)C)C1.I. The fourth-order valence-corrected chi connectivity index (χ4v) is 6.14. The summed E-state index contributed by atoms with van der Waals surface area (Å²) in [6, 6.07) is 0.599. The van der Waals surface area contributed by atoms with Crippen LogP contribution in [0.25, 0.3) is 0 Å². The third-order valence-corrected chi connectivity index (χ3v) is 8.08. The van der Waals surface area contributed by atoms with Crippen LogP contribution < -0.4 is 5.32 Å². The Bertz CT molecular complexity index is 660. The summed E-state index contributed by atoms with van der Waals surface area (Å²) in [5, 5.41) is 14.2. The number of thioether (sulfide) groups is 2. The van der Waals surface area contributed by atoms with E-state index in [-0.39, 0.29) is 24.0 Å². The largest absolute Gasteiger partial charge is 0.357 e. The van der Waals surface area contributed by atoms with Gasteiger partial charge in [-0.1, -0.05) is 38.5 Å². The van der Waals surface area contributed by atoms with Crippen molar-refractivity contribution in [3.8, 4) is 0 Å². The number of aliphatic imine (C=N–C) groups is 1. The third kappa shape index (κ3) is 6.92. The smallest absolute Gasteiger partial charge is 0.193 e. The Kier molecular flexibility index (Phi) is 11.7. The number of hydrogen-bond donors (Lipinski definition) is 1. The summed E-state index contributed by atoms with van der Waals surface area (Å²) < 4.78 is 2.42. The number of hydrogen-bond acceptors (Lipinski definition) is 5. The molecule has 0 aromatic carbocycles. The molecule has 1 N–H and O–H groups in total. The molecule has 1 saturated heterocycles. The van der Waals surface area contributed by atoms with Crippen molar-refractivity contribution in [1.29, 1.82) is 0 Å². The fourth-order valence-electron chi connectivity index (χ4n) is 4.27. The molecule has 3 rings (SSSR count). The summed E-state index contributed by atoms with van der Waals surface area (Å²) in [4.78, 5) is 7.42. The van der Waals surface area contributed by atoms with Crippen LogP contribution in [0, 0.1) is 5.92 Å². The van der Waals surface area contributed by atoms with E-state index in [1.807, 2.05) is 0 Å². The number of nitrogens with zero attached hydrogens (tertiary/aromatic N) is 5. The van der Waals surface area contributed by atoms with E-state index in [1.165, 1.54) is 31.4 Å². The number of aryl methyl sites for hydroxylation is 1. The molecule has 1 aliphatic heterocycles. The zero-order valence-corrected chi connectivity index (χ0v) is 22.9. The first-order chi connectivity index (χ1) is 14.1. The summed E-state index contributed by atoms with van der Waals surface area (Å²) in [5.74, 6) is 4.13. The summed E-state index contributed by atoms with van der Waals surface area (Å²) in [5.41, 5.74) is 0. The highest BCUT2D eigenvalue weighted by Crippen LogP contribution is 2.33. The molecule has 1 aromatic rings. The molecule has 0 bridgehead atoms. The van der Waals surface area contributed by atoms with Crippen LogP contribution >= 0.6 is 47.5 Å². The molecule has 6 nitrogen and oxygen atoms in total. The Hall–Kier alpha value is -0.160. The van der Waals surface area contributed by atoms with Gasteiger partial charge in [0.25, 0.3) is 0 Å². The summed E-state index contributed by atoms with van der Waals surface area (Å²) in [7, 11) is 0. The van der Waals surface area contributed by atoms with Gasteiger partial charge in [0.1, 0.15) is 5.82 Å². The molecular formula is C21H39IN6S2. The average Bonchev–Trinajstić information content (AvgIpc) is 3.39. The van der Waals surface area contributed by atoms with Crippen molar-refractivity contribution >= 4 is 53.5 Å².